The van der Waals surface area contributed by atoms with Crippen LogP contribution < -0.4 is 10.2 Å². The Labute approximate surface area is 84.8 Å². The quantitative estimate of drug-likeness (QED) is 0.657. The molecule has 1 aromatic heterocycles. The third-order valence-corrected chi connectivity index (χ3v) is 2.57. The molecule has 3 N–H and O–H groups in total. The number of rotatable bonds is 3. The topological polar surface area (TPSA) is 82.2 Å². The van der Waals surface area contributed by atoms with E-state index >= 15 is 0 Å². The molecule has 1 amide bonds. The zero-order valence-corrected chi connectivity index (χ0v) is 8.77. The second kappa shape index (κ2) is 4.39. The third-order valence-electron chi connectivity index (χ3n) is 1.59. The molecule has 0 aliphatic carbocycles. The smallest absolute Gasteiger partial charge is 0.305 e. The van der Waals surface area contributed by atoms with Crippen LogP contribution in [0.25, 0.3) is 0 Å². The van der Waals surface area contributed by atoms with E-state index in [9.17, 15) is 9.59 Å². The van der Waals surface area contributed by atoms with E-state index in [0.29, 0.717) is 10.6 Å². The molecule has 0 aromatic carbocycles. The summed E-state index contributed by atoms with van der Waals surface area (Å²) in [5.74, 6) is -0.327. The zero-order valence-electron chi connectivity index (χ0n) is 7.96. The minimum Gasteiger partial charge on any atom is -0.392 e. The molecule has 1 heterocycles. The molecule has 0 aliphatic rings. The van der Waals surface area contributed by atoms with E-state index in [-0.39, 0.29) is 17.3 Å². The molecular formula is C8H12N2O3S. The number of aliphatic hydroxyl groups excluding tert-OH is 1. The highest BCUT2D eigenvalue weighted by molar-refractivity contribution is 7.11. The Morgan fingerprint density at radius 2 is 2.36 bits per heavy atom. The molecule has 0 spiro atoms. The van der Waals surface area contributed by atoms with Crippen molar-refractivity contribution in [3.8, 4) is 0 Å². The summed E-state index contributed by atoms with van der Waals surface area (Å²) in [5, 5.41) is 11.5. The number of aromatic nitrogens is 1. The van der Waals surface area contributed by atoms with Crippen LogP contribution in [-0.4, -0.2) is 28.6 Å². The van der Waals surface area contributed by atoms with Crippen molar-refractivity contribution in [1.82, 2.24) is 10.3 Å². The molecule has 0 radical (unpaired) electrons. The van der Waals surface area contributed by atoms with Crippen LogP contribution in [0.2, 0.25) is 0 Å². The van der Waals surface area contributed by atoms with Crippen LogP contribution in [0.4, 0.5) is 0 Å². The largest absolute Gasteiger partial charge is 0.392 e. The molecule has 5 nitrogen and oxygen atoms in total. The Bertz CT molecular complexity index is 380. The van der Waals surface area contributed by atoms with Gasteiger partial charge in [-0.05, 0) is 13.8 Å². The molecule has 14 heavy (non-hydrogen) atoms. The van der Waals surface area contributed by atoms with Gasteiger partial charge in [0.25, 0.3) is 5.91 Å². The maximum absolute atomic E-state index is 11.4. The van der Waals surface area contributed by atoms with Gasteiger partial charge in [0, 0.05) is 12.2 Å². The van der Waals surface area contributed by atoms with E-state index in [1.807, 2.05) is 0 Å². The first-order chi connectivity index (χ1) is 6.50. The predicted octanol–water partition coefficient (Wildman–Crippen LogP) is -0.145. The Hall–Kier alpha value is -1.14. The van der Waals surface area contributed by atoms with Crippen molar-refractivity contribution in [3.63, 3.8) is 0 Å². The van der Waals surface area contributed by atoms with Gasteiger partial charge in [-0.2, -0.15) is 0 Å². The predicted molar refractivity (Wildman–Crippen MR) is 53.7 cm³/mol. The maximum Gasteiger partial charge on any atom is 0.305 e. The molecule has 1 aromatic rings. The molecule has 0 saturated carbocycles. The molecule has 78 valence electrons. The van der Waals surface area contributed by atoms with Gasteiger partial charge in [-0.15, -0.1) is 0 Å². The van der Waals surface area contributed by atoms with E-state index in [2.05, 4.69) is 10.3 Å². The Morgan fingerprint density at radius 1 is 1.71 bits per heavy atom. The van der Waals surface area contributed by atoms with Gasteiger partial charge >= 0.3 is 4.87 Å². The number of aryl methyl sites for hydroxylation is 1. The lowest BCUT2D eigenvalue weighted by atomic mass is 10.3. The summed E-state index contributed by atoms with van der Waals surface area (Å²) in [5.41, 5.74) is 0.558. The molecule has 1 atom stereocenters. The van der Waals surface area contributed by atoms with Crippen LogP contribution in [0.1, 0.15) is 22.3 Å². The standard InChI is InChI=1S/C8H12N2O3S/c1-4(11)3-9-7(12)6-5(2)10-8(13)14-6/h4,11H,3H2,1-2H3,(H,9,12)(H,10,13). The van der Waals surface area contributed by atoms with Crippen LogP contribution >= 0.6 is 11.3 Å². The van der Waals surface area contributed by atoms with E-state index in [4.69, 9.17) is 5.11 Å². The number of nitrogens with one attached hydrogen (secondary N) is 2. The summed E-state index contributed by atoms with van der Waals surface area (Å²) >= 11 is 0.869. The fraction of sp³-hybridized carbons (Fsp3) is 0.500. The zero-order chi connectivity index (χ0) is 10.7. The van der Waals surface area contributed by atoms with Crippen LogP contribution in [0.5, 0.6) is 0 Å². The number of hydrogen-bond donors (Lipinski definition) is 3. The molecule has 1 unspecified atom stereocenters. The lowest BCUT2D eigenvalue weighted by Crippen LogP contribution is -2.30. The van der Waals surface area contributed by atoms with Crippen molar-refractivity contribution in [1.29, 1.82) is 0 Å². The molecule has 6 heteroatoms. The van der Waals surface area contributed by atoms with Crippen molar-refractivity contribution in [2.75, 3.05) is 6.54 Å². The van der Waals surface area contributed by atoms with Gasteiger partial charge in [0.05, 0.1) is 6.10 Å². The average Bonchev–Trinajstić information content (AvgIpc) is 2.41. The summed E-state index contributed by atoms with van der Waals surface area (Å²) in [7, 11) is 0. The van der Waals surface area contributed by atoms with Gasteiger partial charge in [0.2, 0.25) is 0 Å². The normalized spacial score (nSPS) is 12.5. The van der Waals surface area contributed by atoms with E-state index in [0.717, 1.165) is 11.3 Å². The molecule has 0 bridgehead atoms. The first-order valence-corrected chi connectivity index (χ1v) is 4.98. The number of thiazole rings is 1. The number of hydrogen-bond acceptors (Lipinski definition) is 4. The molecule has 0 saturated heterocycles. The molecule has 1 rings (SSSR count). The number of aromatic amines is 1. The fourth-order valence-electron chi connectivity index (χ4n) is 0.942. The SMILES string of the molecule is Cc1[nH]c(=O)sc1C(=O)NCC(C)O. The number of carbonyl (C=O) groups is 1. The maximum atomic E-state index is 11.4. The van der Waals surface area contributed by atoms with Crippen LogP contribution in [0.15, 0.2) is 4.79 Å². The minimum absolute atomic E-state index is 0.185. The van der Waals surface area contributed by atoms with Gasteiger partial charge < -0.3 is 15.4 Å². The highest BCUT2D eigenvalue weighted by Crippen LogP contribution is 2.06. The van der Waals surface area contributed by atoms with Gasteiger partial charge in [-0.3, -0.25) is 9.59 Å². The molecule has 0 fully saturated rings. The summed E-state index contributed by atoms with van der Waals surface area (Å²) in [6, 6.07) is 0. The average molecular weight is 216 g/mol. The van der Waals surface area contributed by atoms with Gasteiger partial charge in [-0.25, -0.2) is 0 Å². The number of H-pyrrole nitrogens is 1. The second-order valence-electron chi connectivity index (χ2n) is 3.03. The summed E-state index contributed by atoms with van der Waals surface area (Å²) in [6.07, 6.45) is -0.588. The van der Waals surface area contributed by atoms with Crippen molar-refractivity contribution in [2.45, 2.75) is 20.0 Å². The lowest BCUT2D eigenvalue weighted by Gasteiger charge is -2.05. The second-order valence-corrected chi connectivity index (χ2v) is 4.01. The Morgan fingerprint density at radius 3 is 2.79 bits per heavy atom. The number of aliphatic hydroxyl groups is 1. The summed E-state index contributed by atoms with van der Waals surface area (Å²) in [6.45, 7) is 3.42. The first kappa shape index (κ1) is 10.9. The highest BCUT2D eigenvalue weighted by Gasteiger charge is 2.12. The summed E-state index contributed by atoms with van der Waals surface area (Å²) in [4.78, 5) is 24.9. The van der Waals surface area contributed by atoms with Crippen molar-refractivity contribution in [2.24, 2.45) is 0 Å². The summed E-state index contributed by atoms with van der Waals surface area (Å²) < 4.78 is 0. The Balaban J connectivity index is 2.70. The van der Waals surface area contributed by atoms with E-state index < -0.39 is 6.10 Å². The van der Waals surface area contributed by atoms with E-state index in [1.54, 1.807) is 13.8 Å². The first-order valence-electron chi connectivity index (χ1n) is 4.16. The lowest BCUT2D eigenvalue weighted by molar-refractivity contribution is 0.0927. The van der Waals surface area contributed by atoms with E-state index in [1.165, 1.54) is 0 Å². The number of amides is 1. The Kier molecular flexibility index (Phi) is 3.43. The minimum atomic E-state index is -0.588. The van der Waals surface area contributed by atoms with Crippen molar-refractivity contribution < 1.29 is 9.90 Å². The van der Waals surface area contributed by atoms with Crippen LogP contribution in [0, 0.1) is 6.92 Å². The van der Waals surface area contributed by atoms with Crippen LogP contribution in [-0.2, 0) is 0 Å². The molecule has 0 aliphatic heterocycles. The molecular weight excluding hydrogens is 204 g/mol. The monoisotopic (exact) mass is 216 g/mol. The number of carbonyl (C=O) groups excluding carboxylic acids is 1. The van der Waals surface area contributed by atoms with Gasteiger partial charge in [0.1, 0.15) is 4.88 Å². The highest BCUT2D eigenvalue weighted by atomic mass is 32.1. The van der Waals surface area contributed by atoms with Crippen molar-refractivity contribution in [3.05, 3.63) is 20.2 Å². The fourth-order valence-corrected chi connectivity index (χ4v) is 1.70. The van der Waals surface area contributed by atoms with Crippen LogP contribution in [0.3, 0.4) is 0 Å². The van der Waals surface area contributed by atoms with Crippen molar-refractivity contribution >= 4 is 17.2 Å². The van der Waals surface area contributed by atoms with Gasteiger partial charge in [0.15, 0.2) is 0 Å². The third kappa shape index (κ3) is 2.68. The van der Waals surface area contributed by atoms with Gasteiger partial charge in [-0.1, -0.05) is 11.3 Å².